The smallest absolute Gasteiger partial charge is 0.274 e. The second-order valence-corrected chi connectivity index (χ2v) is 4.41. The van der Waals surface area contributed by atoms with Gasteiger partial charge in [0.05, 0.1) is 0 Å². The van der Waals surface area contributed by atoms with Gasteiger partial charge in [0, 0.05) is 27.8 Å². The lowest BCUT2D eigenvalue weighted by atomic mass is 9.83. The molecule has 20 heavy (non-hydrogen) atoms. The third kappa shape index (κ3) is 1.64. The van der Waals surface area contributed by atoms with Crippen LogP contribution in [0, 0.1) is 0 Å². The van der Waals surface area contributed by atoms with Crippen molar-refractivity contribution >= 4 is 17.5 Å². The first-order valence-electron chi connectivity index (χ1n) is 5.90. The fraction of sp³-hybridized carbons (Fsp3) is 0. The summed E-state index contributed by atoms with van der Waals surface area (Å²) >= 11 is 0. The van der Waals surface area contributed by atoms with Crippen molar-refractivity contribution in [2.45, 2.75) is 0 Å². The van der Waals surface area contributed by atoms with Crippen LogP contribution in [0.4, 0.5) is 0 Å². The summed E-state index contributed by atoms with van der Waals surface area (Å²) in [4.78, 5) is 36.0. The lowest BCUT2D eigenvalue weighted by Gasteiger charge is -2.17. The number of hydrogen-bond acceptors (Lipinski definition) is 4. The highest BCUT2D eigenvalue weighted by atomic mass is 16.5. The molecule has 0 heterocycles. The van der Waals surface area contributed by atoms with E-state index in [2.05, 4.69) is 0 Å². The first-order chi connectivity index (χ1) is 9.63. The maximum Gasteiger partial charge on any atom is 0.274 e. The maximum atomic E-state index is 12.4. The highest BCUT2D eigenvalue weighted by Gasteiger charge is 2.29. The van der Waals surface area contributed by atoms with Gasteiger partial charge >= 0.3 is 0 Å². The zero-order chi connectivity index (χ0) is 14.3. The van der Waals surface area contributed by atoms with Crippen LogP contribution in [0.1, 0.15) is 42.2 Å². The van der Waals surface area contributed by atoms with Gasteiger partial charge in [-0.15, -0.1) is 0 Å². The van der Waals surface area contributed by atoms with Crippen LogP contribution in [0.25, 0.3) is 0 Å². The van der Waals surface area contributed by atoms with E-state index in [1.807, 2.05) is 0 Å². The molecular formula is C15H9NO4. The highest BCUT2D eigenvalue weighted by Crippen LogP contribution is 2.27. The van der Waals surface area contributed by atoms with E-state index < -0.39 is 5.91 Å². The summed E-state index contributed by atoms with van der Waals surface area (Å²) in [5.41, 5.74) is 2.75. The van der Waals surface area contributed by atoms with Crippen LogP contribution in [-0.2, 0) is 0 Å². The molecule has 2 aromatic rings. The Bertz CT molecular complexity index is 764. The molecule has 1 amide bonds. The quantitative estimate of drug-likeness (QED) is 0.518. The van der Waals surface area contributed by atoms with Crippen LogP contribution < -0.4 is 5.48 Å². The monoisotopic (exact) mass is 267 g/mol. The van der Waals surface area contributed by atoms with E-state index in [9.17, 15) is 14.4 Å². The molecule has 3 rings (SSSR count). The summed E-state index contributed by atoms with van der Waals surface area (Å²) in [6.45, 7) is 0. The summed E-state index contributed by atoms with van der Waals surface area (Å²) in [7, 11) is 0. The zero-order valence-electron chi connectivity index (χ0n) is 10.2. The van der Waals surface area contributed by atoms with Gasteiger partial charge in [-0.05, 0) is 18.2 Å². The maximum absolute atomic E-state index is 12.4. The van der Waals surface area contributed by atoms with Crippen molar-refractivity contribution in [3.63, 3.8) is 0 Å². The second-order valence-electron chi connectivity index (χ2n) is 4.41. The minimum absolute atomic E-state index is 0.117. The fourth-order valence-electron chi connectivity index (χ4n) is 2.31. The normalized spacial score (nSPS) is 12.7. The molecule has 2 aromatic carbocycles. The molecule has 98 valence electrons. The molecule has 2 N–H and O–H groups in total. The molecule has 1 aliphatic carbocycles. The highest BCUT2D eigenvalue weighted by molar-refractivity contribution is 6.28. The van der Waals surface area contributed by atoms with Gasteiger partial charge in [-0.3, -0.25) is 19.6 Å². The minimum atomic E-state index is -0.730. The molecular weight excluding hydrogens is 258 g/mol. The van der Waals surface area contributed by atoms with E-state index in [-0.39, 0.29) is 28.3 Å². The van der Waals surface area contributed by atoms with Gasteiger partial charge in [0.25, 0.3) is 5.91 Å². The molecule has 1 aliphatic rings. The van der Waals surface area contributed by atoms with E-state index >= 15 is 0 Å². The number of ketones is 2. The molecule has 0 atom stereocenters. The topological polar surface area (TPSA) is 83.5 Å². The molecule has 5 nitrogen and oxygen atoms in total. The average molecular weight is 267 g/mol. The first kappa shape index (κ1) is 12.3. The van der Waals surface area contributed by atoms with E-state index in [1.165, 1.54) is 23.7 Å². The molecule has 5 heteroatoms. The Morgan fingerprint density at radius 2 is 1.40 bits per heavy atom. The largest absolute Gasteiger partial charge is 0.289 e. The van der Waals surface area contributed by atoms with E-state index in [1.54, 1.807) is 24.3 Å². The van der Waals surface area contributed by atoms with Crippen molar-refractivity contribution in [2.75, 3.05) is 0 Å². The van der Waals surface area contributed by atoms with Crippen molar-refractivity contribution < 1.29 is 19.6 Å². The predicted octanol–water partition coefficient (Wildman–Crippen LogP) is 1.58. The van der Waals surface area contributed by atoms with Crippen LogP contribution in [0.15, 0.2) is 42.5 Å². The first-order valence-corrected chi connectivity index (χ1v) is 5.90. The average Bonchev–Trinajstić information content (AvgIpc) is 2.51. The molecule has 0 fully saturated rings. The molecule has 0 saturated carbocycles. The Kier molecular flexibility index (Phi) is 2.69. The Morgan fingerprint density at radius 1 is 0.850 bits per heavy atom. The van der Waals surface area contributed by atoms with Crippen LogP contribution >= 0.6 is 0 Å². The summed E-state index contributed by atoms with van der Waals surface area (Å²) in [6, 6.07) is 10.7. The Labute approximate surface area is 113 Å². The zero-order valence-corrected chi connectivity index (χ0v) is 10.2. The van der Waals surface area contributed by atoms with E-state index in [0.29, 0.717) is 11.1 Å². The number of carbonyl (C=O) groups excluding carboxylic acids is 3. The number of nitrogens with one attached hydrogen (secondary N) is 1. The number of hydroxylamine groups is 1. The van der Waals surface area contributed by atoms with Gasteiger partial charge in [0.15, 0.2) is 11.6 Å². The number of hydrogen-bond donors (Lipinski definition) is 2. The fourth-order valence-corrected chi connectivity index (χ4v) is 2.31. The number of fused-ring (bicyclic) bond motifs is 2. The SMILES string of the molecule is O=C(NO)c1ccc2c(c1)C(=O)c1ccccc1C2=O. The molecule has 0 saturated heterocycles. The molecule has 0 bridgehead atoms. The van der Waals surface area contributed by atoms with Crippen LogP contribution in [-0.4, -0.2) is 22.7 Å². The van der Waals surface area contributed by atoms with Crippen molar-refractivity contribution in [2.24, 2.45) is 0 Å². The molecule has 0 unspecified atom stereocenters. The number of rotatable bonds is 1. The van der Waals surface area contributed by atoms with Crippen molar-refractivity contribution in [1.29, 1.82) is 0 Å². The standard InChI is InChI=1S/C15H9NO4/c17-13-9-3-1-2-4-10(9)14(18)12-7-8(15(19)16-20)5-6-11(12)13/h1-7,20H,(H,16,19). The minimum Gasteiger partial charge on any atom is -0.289 e. The Balaban J connectivity index is 2.21. The van der Waals surface area contributed by atoms with Gasteiger partial charge in [-0.2, -0.15) is 0 Å². The summed E-state index contributed by atoms with van der Waals surface area (Å²) < 4.78 is 0. The van der Waals surface area contributed by atoms with Gasteiger partial charge < -0.3 is 0 Å². The summed E-state index contributed by atoms with van der Waals surface area (Å²) in [6.07, 6.45) is 0. The third-order valence-corrected chi connectivity index (χ3v) is 3.29. The molecule has 0 spiro atoms. The second kappa shape index (κ2) is 4.40. The Hall–Kier alpha value is -2.79. The van der Waals surface area contributed by atoms with Crippen LogP contribution in [0.3, 0.4) is 0 Å². The lowest BCUT2D eigenvalue weighted by molar-refractivity contribution is 0.0706. The van der Waals surface area contributed by atoms with Crippen molar-refractivity contribution in [3.05, 3.63) is 70.3 Å². The van der Waals surface area contributed by atoms with E-state index in [0.717, 1.165) is 0 Å². The molecule has 0 aliphatic heterocycles. The molecule has 0 radical (unpaired) electrons. The van der Waals surface area contributed by atoms with E-state index in [4.69, 9.17) is 5.21 Å². The number of carbonyl (C=O) groups is 3. The molecule has 0 aromatic heterocycles. The summed E-state index contributed by atoms with van der Waals surface area (Å²) in [5, 5.41) is 8.62. The van der Waals surface area contributed by atoms with Gasteiger partial charge in [0.1, 0.15) is 0 Å². The predicted molar refractivity (Wildman–Crippen MR) is 69.0 cm³/mol. The van der Waals surface area contributed by atoms with Crippen LogP contribution in [0.2, 0.25) is 0 Å². The Morgan fingerprint density at radius 3 is 2.00 bits per heavy atom. The van der Waals surface area contributed by atoms with Gasteiger partial charge in [-0.25, -0.2) is 5.48 Å². The summed E-state index contributed by atoms with van der Waals surface area (Å²) in [5.74, 6) is -1.28. The third-order valence-electron chi connectivity index (χ3n) is 3.29. The number of amides is 1. The van der Waals surface area contributed by atoms with Gasteiger partial charge in [0.2, 0.25) is 0 Å². The van der Waals surface area contributed by atoms with Gasteiger partial charge in [-0.1, -0.05) is 24.3 Å². The lowest BCUT2D eigenvalue weighted by Crippen LogP contribution is -2.23. The van der Waals surface area contributed by atoms with Crippen LogP contribution in [0.5, 0.6) is 0 Å². The van der Waals surface area contributed by atoms with Crippen molar-refractivity contribution in [1.82, 2.24) is 5.48 Å². The number of benzene rings is 2. The van der Waals surface area contributed by atoms with Crippen molar-refractivity contribution in [3.8, 4) is 0 Å².